The van der Waals surface area contributed by atoms with Gasteiger partial charge in [0, 0.05) is 12.5 Å². The number of hydrogen-bond donors (Lipinski definition) is 1. The monoisotopic (exact) mass is 292 g/mol. The molecule has 0 amide bonds. The lowest BCUT2D eigenvalue weighted by molar-refractivity contribution is -0.385. The molecule has 0 saturated heterocycles. The van der Waals surface area contributed by atoms with Gasteiger partial charge in [0.2, 0.25) is 11.6 Å². The van der Waals surface area contributed by atoms with E-state index in [2.05, 4.69) is 10.2 Å². The quantitative estimate of drug-likeness (QED) is 0.612. The van der Waals surface area contributed by atoms with E-state index in [0.717, 1.165) is 6.42 Å². The van der Waals surface area contributed by atoms with Crippen molar-refractivity contribution in [1.29, 1.82) is 0 Å². The molecule has 0 aliphatic carbocycles. The van der Waals surface area contributed by atoms with Crippen LogP contribution in [0.2, 0.25) is 0 Å². The van der Waals surface area contributed by atoms with Crippen LogP contribution in [-0.2, 0) is 6.42 Å². The summed E-state index contributed by atoms with van der Waals surface area (Å²) in [6.07, 6.45) is 1.30. The fourth-order valence-electron chi connectivity index (χ4n) is 1.85. The Kier molecular flexibility index (Phi) is 4.83. The second kappa shape index (κ2) is 6.80. The molecule has 1 aromatic heterocycles. The highest BCUT2D eigenvalue weighted by atomic mass is 16.6. The number of hydrogen-bond acceptors (Lipinski definition) is 7. The van der Waals surface area contributed by atoms with E-state index in [-0.39, 0.29) is 17.3 Å². The summed E-state index contributed by atoms with van der Waals surface area (Å²) in [5.41, 5.74) is 5.71. The van der Waals surface area contributed by atoms with Gasteiger partial charge in [-0.1, -0.05) is 6.07 Å². The number of nitro groups is 1. The highest BCUT2D eigenvalue weighted by molar-refractivity contribution is 5.69. The lowest BCUT2D eigenvalue weighted by Gasteiger charge is -2.07. The van der Waals surface area contributed by atoms with E-state index in [0.29, 0.717) is 31.0 Å². The van der Waals surface area contributed by atoms with Crippen molar-refractivity contribution in [2.45, 2.75) is 19.8 Å². The van der Waals surface area contributed by atoms with Gasteiger partial charge in [0.15, 0.2) is 0 Å². The molecule has 0 spiro atoms. The van der Waals surface area contributed by atoms with Crippen LogP contribution in [0.1, 0.15) is 19.2 Å². The fourth-order valence-corrected chi connectivity index (χ4v) is 1.85. The average Bonchev–Trinajstić information content (AvgIpc) is 2.94. The van der Waals surface area contributed by atoms with Crippen LogP contribution in [-0.4, -0.2) is 28.3 Å². The molecule has 0 aliphatic heterocycles. The molecule has 0 aliphatic rings. The fraction of sp³-hybridized carbons (Fsp3) is 0.385. The summed E-state index contributed by atoms with van der Waals surface area (Å²) in [6.45, 7) is 2.58. The Balaban J connectivity index is 2.40. The molecule has 0 bridgehead atoms. The van der Waals surface area contributed by atoms with Gasteiger partial charge < -0.3 is 14.9 Å². The van der Waals surface area contributed by atoms with Gasteiger partial charge in [-0.05, 0) is 26.0 Å². The van der Waals surface area contributed by atoms with Crippen LogP contribution in [0.3, 0.4) is 0 Å². The molecule has 1 heterocycles. The van der Waals surface area contributed by atoms with Gasteiger partial charge in [0.05, 0.1) is 17.1 Å². The molecule has 0 radical (unpaired) electrons. The molecule has 0 unspecified atom stereocenters. The number of rotatable bonds is 7. The summed E-state index contributed by atoms with van der Waals surface area (Å²) < 4.78 is 10.9. The van der Waals surface area contributed by atoms with Crippen LogP contribution >= 0.6 is 0 Å². The molecule has 2 N–H and O–H groups in total. The number of para-hydroxylation sites is 1. The molecule has 2 aromatic rings. The van der Waals surface area contributed by atoms with Crippen LogP contribution < -0.4 is 10.5 Å². The van der Waals surface area contributed by atoms with Crippen LogP contribution in [0.5, 0.6) is 5.75 Å². The molecule has 112 valence electrons. The van der Waals surface area contributed by atoms with Gasteiger partial charge in [0.25, 0.3) is 5.89 Å². The van der Waals surface area contributed by atoms with E-state index < -0.39 is 4.92 Å². The van der Waals surface area contributed by atoms with Gasteiger partial charge >= 0.3 is 5.69 Å². The van der Waals surface area contributed by atoms with Crippen molar-refractivity contribution in [2.75, 3.05) is 13.2 Å². The minimum atomic E-state index is -0.500. The number of nitrogens with zero attached hydrogens (tertiary/aromatic N) is 3. The number of benzene rings is 1. The van der Waals surface area contributed by atoms with Crippen molar-refractivity contribution in [3.63, 3.8) is 0 Å². The van der Waals surface area contributed by atoms with Crippen molar-refractivity contribution in [2.24, 2.45) is 5.73 Å². The van der Waals surface area contributed by atoms with Crippen molar-refractivity contribution in [1.82, 2.24) is 10.2 Å². The first-order valence-electron chi connectivity index (χ1n) is 6.60. The predicted octanol–water partition coefficient (Wildman–Crippen LogP) is 1.93. The van der Waals surface area contributed by atoms with Crippen LogP contribution in [0.25, 0.3) is 11.5 Å². The predicted molar refractivity (Wildman–Crippen MR) is 74.9 cm³/mol. The number of aromatic nitrogens is 2. The third-order valence-corrected chi connectivity index (χ3v) is 2.77. The van der Waals surface area contributed by atoms with E-state index in [1.807, 2.05) is 0 Å². The van der Waals surface area contributed by atoms with Crippen molar-refractivity contribution < 1.29 is 14.1 Å². The van der Waals surface area contributed by atoms with Gasteiger partial charge in [-0.15, -0.1) is 10.2 Å². The Morgan fingerprint density at radius 3 is 2.90 bits per heavy atom. The maximum atomic E-state index is 11.1. The molecular weight excluding hydrogens is 276 g/mol. The van der Waals surface area contributed by atoms with Gasteiger partial charge in [0.1, 0.15) is 0 Å². The molecular formula is C13H16N4O4. The van der Waals surface area contributed by atoms with E-state index in [4.69, 9.17) is 14.9 Å². The highest BCUT2D eigenvalue weighted by Gasteiger charge is 2.23. The Labute approximate surface area is 121 Å². The first-order chi connectivity index (χ1) is 10.2. The molecule has 0 saturated carbocycles. The molecule has 8 heteroatoms. The van der Waals surface area contributed by atoms with Crippen molar-refractivity contribution >= 4 is 5.69 Å². The standard InChI is InChI=1S/C13H16N4O4/c1-2-20-12-9(5-3-6-10(12)17(18)19)13-16-15-11(21-13)7-4-8-14/h3,5-6H,2,4,7-8,14H2,1H3. The SMILES string of the molecule is CCOc1c(-c2nnc(CCCN)o2)cccc1[N+](=O)[O-]. The summed E-state index contributed by atoms with van der Waals surface area (Å²) in [6, 6.07) is 4.58. The van der Waals surface area contributed by atoms with Gasteiger partial charge in [-0.3, -0.25) is 10.1 Å². The normalized spacial score (nSPS) is 10.6. The molecule has 21 heavy (non-hydrogen) atoms. The third-order valence-electron chi connectivity index (χ3n) is 2.77. The topological polar surface area (TPSA) is 117 Å². The Bertz CT molecular complexity index is 626. The molecule has 0 atom stereocenters. The number of ether oxygens (including phenoxy) is 1. The minimum Gasteiger partial charge on any atom is -0.487 e. The summed E-state index contributed by atoms with van der Waals surface area (Å²) in [7, 11) is 0. The molecule has 8 nitrogen and oxygen atoms in total. The Morgan fingerprint density at radius 1 is 1.43 bits per heavy atom. The van der Waals surface area contributed by atoms with E-state index in [1.54, 1.807) is 19.1 Å². The summed E-state index contributed by atoms with van der Waals surface area (Å²) in [4.78, 5) is 10.6. The van der Waals surface area contributed by atoms with Crippen LogP contribution in [0.15, 0.2) is 22.6 Å². The van der Waals surface area contributed by atoms with Gasteiger partial charge in [-0.25, -0.2) is 0 Å². The summed E-state index contributed by atoms with van der Waals surface area (Å²) in [5, 5.41) is 18.9. The largest absolute Gasteiger partial charge is 0.487 e. The second-order valence-electron chi connectivity index (χ2n) is 4.24. The molecule has 2 rings (SSSR count). The first kappa shape index (κ1) is 14.9. The zero-order valence-electron chi connectivity index (χ0n) is 11.6. The first-order valence-corrected chi connectivity index (χ1v) is 6.60. The zero-order chi connectivity index (χ0) is 15.2. The van der Waals surface area contributed by atoms with Gasteiger partial charge in [-0.2, -0.15) is 0 Å². The van der Waals surface area contributed by atoms with E-state index >= 15 is 0 Å². The van der Waals surface area contributed by atoms with Crippen molar-refractivity contribution in [3.8, 4) is 17.2 Å². The lowest BCUT2D eigenvalue weighted by Crippen LogP contribution is -2.00. The number of aryl methyl sites for hydroxylation is 1. The maximum Gasteiger partial charge on any atom is 0.311 e. The van der Waals surface area contributed by atoms with E-state index in [9.17, 15) is 10.1 Å². The second-order valence-corrected chi connectivity index (χ2v) is 4.24. The highest BCUT2D eigenvalue weighted by Crippen LogP contribution is 2.37. The summed E-state index contributed by atoms with van der Waals surface area (Å²) in [5.74, 6) is 0.789. The lowest BCUT2D eigenvalue weighted by atomic mass is 10.1. The zero-order valence-corrected chi connectivity index (χ0v) is 11.6. The average molecular weight is 292 g/mol. The number of nitrogens with two attached hydrogens (primary N) is 1. The third kappa shape index (κ3) is 3.34. The Morgan fingerprint density at radius 2 is 2.24 bits per heavy atom. The van der Waals surface area contributed by atoms with E-state index in [1.165, 1.54) is 6.07 Å². The smallest absolute Gasteiger partial charge is 0.311 e. The summed E-state index contributed by atoms with van der Waals surface area (Å²) >= 11 is 0. The maximum absolute atomic E-state index is 11.1. The van der Waals surface area contributed by atoms with Crippen LogP contribution in [0, 0.1) is 10.1 Å². The number of nitro benzene ring substituents is 1. The minimum absolute atomic E-state index is 0.129. The van der Waals surface area contributed by atoms with Crippen LogP contribution in [0.4, 0.5) is 5.69 Å². The Hall–Kier alpha value is -2.48. The van der Waals surface area contributed by atoms with Crippen molar-refractivity contribution in [3.05, 3.63) is 34.2 Å². The molecule has 0 fully saturated rings. The molecule has 1 aromatic carbocycles.